The zero-order valence-electron chi connectivity index (χ0n) is 20.1. The fraction of sp³-hybridized carbons (Fsp3) is 0.308. The van der Waals surface area contributed by atoms with Gasteiger partial charge in [-0.05, 0) is 53.9 Å². The maximum atomic E-state index is 13.4. The third kappa shape index (κ3) is 6.68. The summed E-state index contributed by atoms with van der Waals surface area (Å²) in [6, 6.07) is 19.0. The Bertz CT molecular complexity index is 1310. The molecule has 0 heterocycles. The average molecular weight is 561 g/mol. The van der Waals surface area contributed by atoms with Crippen molar-refractivity contribution in [1.82, 2.24) is 14.5 Å². The van der Waals surface area contributed by atoms with Crippen LogP contribution in [0, 0.1) is 0 Å². The van der Waals surface area contributed by atoms with Gasteiger partial charge in [0.05, 0.1) is 11.4 Å². The number of amides is 2. The van der Waals surface area contributed by atoms with Crippen molar-refractivity contribution in [3.8, 4) is 0 Å². The normalized spacial score (nSPS) is 12.5. The lowest BCUT2D eigenvalue weighted by molar-refractivity contribution is -0.140. The number of likely N-dealkylation sites (N-methyl/N-ethyl adjacent to an activating group) is 1. The van der Waals surface area contributed by atoms with Gasteiger partial charge in [-0.1, -0.05) is 65.3 Å². The Kier molecular flexibility index (Phi) is 9.04. The molecule has 3 aromatic rings. The lowest BCUT2D eigenvalue weighted by atomic mass is 10.1. The number of halogens is 1. The molecule has 3 rings (SSSR count). The Morgan fingerprint density at radius 1 is 1.00 bits per heavy atom. The minimum Gasteiger partial charge on any atom is -0.354 e. The van der Waals surface area contributed by atoms with Gasteiger partial charge in [0.15, 0.2) is 0 Å². The first-order valence-electron chi connectivity index (χ1n) is 11.4. The molecular formula is C26H30BrN3O4S. The van der Waals surface area contributed by atoms with Crippen molar-refractivity contribution in [3.63, 3.8) is 0 Å². The lowest BCUT2D eigenvalue weighted by Crippen LogP contribution is -2.50. The minimum absolute atomic E-state index is 0.110. The molecule has 0 aliphatic rings. The maximum Gasteiger partial charge on any atom is 0.243 e. The molecule has 186 valence electrons. The Morgan fingerprint density at radius 3 is 2.40 bits per heavy atom. The molecular weight excluding hydrogens is 530 g/mol. The van der Waals surface area contributed by atoms with Gasteiger partial charge in [0.25, 0.3) is 0 Å². The van der Waals surface area contributed by atoms with Crippen molar-refractivity contribution in [2.75, 3.05) is 20.1 Å². The van der Waals surface area contributed by atoms with Gasteiger partial charge in [0.1, 0.15) is 6.04 Å². The molecule has 0 bridgehead atoms. The van der Waals surface area contributed by atoms with E-state index in [0.717, 1.165) is 31.5 Å². The Morgan fingerprint density at radius 2 is 1.71 bits per heavy atom. The number of sulfonamides is 1. The van der Waals surface area contributed by atoms with Crippen LogP contribution in [0.5, 0.6) is 0 Å². The first-order chi connectivity index (χ1) is 16.6. The van der Waals surface area contributed by atoms with E-state index >= 15 is 0 Å². The molecule has 1 N–H and O–H groups in total. The predicted molar refractivity (Wildman–Crippen MR) is 141 cm³/mol. The average Bonchev–Trinajstić information content (AvgIpc) is 2.84. The van der Waals surface area contributed by atoms with Crippen LogP contribution in [0.15, 0.2) is 76.1 Å². The molecule has 7 nitrogen and oxygen atoms in total. The number of benzene rings is 3. The number of rotatable bonds is 10. The van der Waals surface area contributed by atoms with Crippen LogP contribution in [0.2, 0.25) is 0 Å². The van der Waals surface area contributed by atoms with Crippen LogP contribution < -0.4 is 5.32 Å². The van der Waals surface area contributed by atoms with Crippen LogP contribution in [0.4, 0.5) is 0 Å². The third-order valence-corrected chi connectivity index (χ3v) is 8.04. The van der Waals surface area contributed by atoms with E-state index in [0.29, 0.717) is 6.54 Å². The van der Waals surface area contributed by atoms with Crippen LogP contribution in [0.1, 0.15) is 25.8 Å². The minimum atomic E-state index is -3.92. The Labute approximate surface area is 215 Å². The van der Waals surface area contributed by atoms with Gasteiger partial charge in [-0.2, -0.15) is 4.31 Å². The van der Waals surface area contributed by atoms with Gasteiger partial charge in [-0.15, -0.1) is 0 Å². The summed E-state index contributed by atoms with van der Waals surface area (Å²) in [6.07, 6.45) is 0.769. The lowest BCUT2D eigenvalue weighted by Gasteiger charge is -2.30. The van der Waals surface area contributed by atoms with Gasteiger partial charge in [-0.25, -0.2) is 8.42 Å². The molecule has 0 aromatic heterocycles. The number of nitrogens with one attached hydrogen (secondary N) is 1. The Hall–Kier alpha value is -2.75. The van der Waals surface area contributed by atoms with E-state index < -0.39 is 28.5 Å². The van der Waals surface area contributed by atoms with Crippen LogP contribution >= 0.6 is 15.9 Å². The van der Waals surface area contributed by atoms with E-state index in [1.165, 1.54) is 11.9 Å². The van der Waals surface area contributed by atoms with E-state index in [1.54, 1.807) is 25.1 Å². The van der Waals surface area contributed by atoms with Crippen molar-refractivity contribution >= 4 is 48.5 Å². The van der Waals surface area contributed by atoms with Crippen molar-refractivity contribution in [1.29, 1.82) is 0 Å². The van der Waals surface area contributed by atoms with Crippen molar-refractivity contribution in [2.24, 2.45) is 0 Å². The number of nitrogens with zero attached hydrogens (tertiary/aromatic N) is 2. The Balaban J connectivity index is 1.84. The molecule has 0 aliphatic heterocycles. The molecule has 35 heavy (non-hydrogen) atoms. The number of hydrogen-bond donors (Lipinski definition) is 1. The van der Waals surface area contributed by atoms with Crippen molar-refractivity contribution in [2.45, 2.75) is 37.8 Å². The molecule has 3 aromatic carbocycles. The summed E-state index contributed by atoms with van der Waals surface area (Å²) in [4.78, 5) is 27.6. The van der Waals surface area contributed by atoms with Crippen LogP contribution in [-0.2, 0) is 26.2 Å². The number of carbonyl (C=O) groups excluding carboxylic acids is 2. The topological polar surface area (TPSA) is 86.8 Å². The molecule has 0 aliphatic carbocycles. The zero-order chi connectivity index (χ0) is 25.6. The summed E-state index contributed by atoms with van der Waals surface area (Å²) in [5.74, 6) is -0.744. The van der Waals surface area contributed by atoms with Crippen LogP contribution in [0.3, 0.4) is 0 Å². The number of fused-ring (bicyclic) bond motifs is 1. The molecule has 1 atom stereocenters. The smallest absolute Gasteiger partial charge is 0.243 e. The number of carbonyl (C=O) groups is 2. The zero-order valence-corrected chi connectivity index (χ0v) is 22.5. The fourth-order valence-electron chi connectivity index (χ4n) is 3.68. The highest BCUT2D eigenvalue weighted by Crippen LogP contribution is 2.22. The molecule has 0 fully saturated rings. The number of hydrogen-bond acceptors (Lipinski definition) is 4. The second-order valence-electron chi connectivity index (χ2n) is 8.39. The van der Waals surface area contributed by atoms with E-state index in [2.05, 4.69) is 21.2 Å². The van der Waals surface area contributed by atoms with Crippen LogP contribution in [0.25, 0.3) is 10.8 Å². The third-order valence-electron chi connectivity index (χ3n) is 5.75. The van der Waals surface area contributed by atoms with E-state index in [4.69, 9.17) is 0 Å². The first kappa shape index (κ1) is 26.8. The van der Waals surface area contributed by atoms with E-state index in [1.807, 2.05) is 55.5 Å². The molecule has 0 spiro atoms. The summed E-state index contributed by atoms with van der Waals surface area (Å²) in [5, 5.41) is 4.54. The second-order valence-corrected chi connectivity index (χ2v) is 11.3. The molecule has 9 heteroatoms. The summed E-state index contributed by atoms with van der Waals surface area (Å²) in [7, 11) is -2.54. The van der Waals surface area contributed by atoms with E-state index in [9.17, 15) is 18.0 Å². The highest BCUT2D eigenvalue weighted by atomic mass is 79.9. The molecule has 2 amide bonds. The molecule has 0 radical (unpaired) electrons. The monoisotopic (exact) mass is 559 g/mol. The highest BCUT2D eigenvalue weighted by Gasteiger charge is 2.30. The van der Waals surface area contributed by atoms with Gasteiger partial charge < -0.3 is 10.2 Å². The highest BCUT2D eigenvalue weighted by molar-refractivity contribution is 9.10. The van der Waals surface area contributed by atoms with Crippen molar-refractivity contribution < 1.29 is 18.0 Å². The largest absolute Gasteiger partial charge is 0.354 e. The SMILES string of the molecule is CCCNC(=O)[C@H](C)N(Cc1cccc(Br)c1)C(=O)CN(C)S(=O)(=O)c1ccc2ccccc2c1. The molecule has 0 saturated heterocycles. The fourth-order valence-corrected chi connectivity index (χ4v) is 5.29. The maximum absolute atomic E-state index is 13.4. The van der Waals surface area contributed by atoms with Gasteiger partial charge in [-0.3, -0.25) is 9.59 Å². The second kappa shape index (κ2) is 11.8. The van der Waals surface area contributed by atoms with Gasteiger partial charge in [0, 0.05) is 24.6 Å². The summed E-state index contributed by atoms with van der Waals surface area (Å²) < 4.78 is 28.4. The van der Waals surface area contributed by atoms with Gasteiger partial charge >= 0.3 is 0 Å². The predicted octanol–water partition coefficient (Wildman–Crippen LogP) is 4.17. The first-order valence-corrected chi connectivity index (χ1v) is 13.6. The summed E-state index contributed by atoms with van der Waals surface area (Å²) in [5.41, 5.74) is 0.822. The molecule has 0 saturated carbocycles. The van der Waals surface area contributed by atoms with E-state index in [-0.39, 0.29) is 17.3 Å². The summed E-state index contributed by atoms with van der Waals surface area (Å²) in [6.45, 7) is 3.87. The van der Waals surface area contributed by atoms with Crippen LogP contribution in [-0.4, -0.2) is 55.6 Å². The quantitative estimate of drug-likeness (QED) is 0.404. The van der Waals surface area contributed by atoms with Crippen molar-refractivity contribution in [3.05, 3.63) is 76.8 Å². The standard InChI is InChI=1S/C26H30BrN3O4S/c1-4-14-28-26(32)19(2)30(17-20-8-7-11-23(27)15-20)25(31)18-29(3)35(33,34)24-13-12-21-9-5-6-10-22(21)16-24/h5-13,15-16,19H,4,14,17-18H2,1-3H3,(H,28,32)/t19-/m0/s1. The van der Waals surface area contributed by atoms with Gasteiger partial charge in [0.2, 0.25) is 21.8 Å². The summed E-state index contributed by atoms with van der Waals surface area (Å²) >= 11 is 3.43. The molecule has 0 unspecified atom stereocenters.